The Morgan fingerprint density at radius 1 is 1.14 bits per heavy atom. The standard InChI is InChI=1S/C23H38N4O/c1-18-12-22(25-24-18)17-26(10-11-28-2)15-19-6-5-9-27(16-19)23-13-20-7-3-4-8-21(20)14-23/h3-4,7-8,18-19,22-25H,5-6,9-17H2,1-2H3. The maximum Gasteiger partial charge on any atom is 0.0589 e. The molecule has 0 aromatic heterocycles. The molecule has 28 heavy (non-hydrogen) atoms. The van der Waals surface area contributed by atoms with Gasteiger partial charge in [-0.25, -0.2) is 0 Å². The molecule has 3 unspecified atom stereocenters. The zero-order valence-corrected chi connectivity index (χ0v) is 17.7. The van der Waals surface area contributed by atoms with E-state index >= 15 is 0 Å². The molecule has 2 heterocycles. The van der Waals surface area contributed by atoms with Crippen molar-refractivity contribution in [2.24, 2.45) is 5.92 Å². The van der Waals surface area contributed by atoms with Crippen molar-refractivity contribution >= 4 is 0 Å². The van der Waals surface area contributed by atoms with Crippen LogP contribution in [0.5, 0.6) is 0 Å². The first kappa shape index (κ1) is 20.3. The van der Waals surface area contributed by atoms with E-state index < -0.39 is 0 Å². The Bertz CT molecular complexity index is 599. The Morgan fingerprint density at radius 2 is 1.93 bits per heavy atom. The van der Waals surface area contributed by atoms with Crippen molar-refractivity contribution in [1.29, 1.82) is 0 Å². The van der Waals surface area contributed by atoms with E-state index in [1.807, 2.05) is 7.11 Å². The molecule has 4 rings (SSSR count). The third-order valence-corrected chi connectivity index (χ3v) is 6.87. The zero-order chi connectivity index (χ0) is 19.3. The molecule has 0 radical (unpaired) electrons. The van der Waals surface area contributed by atoms with Crippen molar-refractivity contribution in [2.45, 2.75) is 57.2 Å². The lowest BCUT2D eigenvalue weighted by atomic mass is 9.95. The normalized spacial score (nSPS) is 28.9. The summed E-state index contributed by atoms with van der Waals surface area (Å²) in [5, 5.41) is 0. The summed E-state index contributed by atoms with van der Waals surface area (Å²) in [6.45, 7) is 8.97. The van der Waals surface area contributed by atoms with Crippen molar-refractivity contribution in [3.05, 3.63) is 35.4 Å². The van der Waals surface area contributed by atoms with Crippen LogP contribution in [0.4, 0.5) is 0 Å². The van der Waals surface area contributed by atoms with Gasteiger partial charge in [0.05, 0.1) is 6.61 Å². The van der Waals surface area contributed by atoms with E-state index in [0.29, 0.717) is 18.1 Å². The number of ether oxygens (including phenoxy) is 1. The number of likely N-dealkylation sites (tertiary alicyclic amines) is 1. The van der Waals surface area contributed by atoms with E-state index in [2.05, 4.69) is 51.8 Å². The Kier molecular flexibility index (Phi) is 7.02. The molecule has 2 saturated heterocycles. The molecule has 0 saturated carbocycles. The molecule has 5 heteroatoms. The summed E-state index contributed by atoms with van der Waals surface area (Å²) in [7, 11) is 1.82. The lowest BCUT2D eigenvalue weighted by molar-refractivity contribution is 0.0836. The molecule has 0 bridgehead atoms. The topological polar surface area (TPSA) is 39.8 Å². The van der Waals surface area contributed by atoms with Gasteiger partial charge < -0.3 is 4.74 Å². The second-order valence-corrected chi connectivity index (χ2v) is 9.21. The maximum absolute atomic E-state index is 5.40. The number of nitrogens with one attached hydrogen (secondary N) is 2. The van der Waals surface area contributed by atoms with Gasteiger partial charge in [-0.05, 0) is 62.6 Å². The number of hydrazine groups is 1. The molecule has 0 spiro atoms. The molecule has 1 aliphatic carbocycles. The fourth-order valence-electron chi connectivity index (χ4n) is 5.45. The first-order chi connectivity index (χ1) is 13.7. The third-order valence-electron chi connectivity index (χ3n) is 6.87. The number of fused-ring (bicyclic) bond motifs is 1. The predicted octanol–water partition coefficient (Wildman–Crippen LogP) is 2.07. The predicted molar refractivity (Wildman–Crippen MR) is 114 cm³/mol. The molecule has 2 N–H and O–H groups in total. The molecule has 2 aliphatic heterocycles. The smallest absolute Gasteiger partial charge is 0.0589 e. The number of methoxy groups -OCH3 is 1. The summed E-state index contributed by atoms with van der Waals surface area (Å²) in [4.78, 5) is 5.43. The van der Waals surface area contributed by atoms with Crippen LogP contribution in [0.25, 0.3) is 0 Å². The van der Waals surface area contributed by atoms with Crippen LogP contribution in [0.2, 0.25) is 0 Å². The van der Waals surface area contributed by atoms with Crippen LogP contribution in [0.3, 0.4) is 0 Å². The Hall–Kier alpha value is -0.980. The lowest BCUT2D eigenvalue weighted by Crippen LogP contribution is -2.48. The number of hydrogen-bond donors (Lipinski definition) is 2. The molecule has 5 nitrogen and oxygen atoms in total. The molecule has 3 aliphatic rings. The van der Waals surface area contributed by atoms with Crippen molar-refractivity contribution in [2.75, 3.05) is 46.4 Å². The van der Waals surface area contributed by atoms with Gasteiger partial charge in [0.25, 0.3) is 0 Å². The highest BCUT2D eigenvalue weighted by atomic mass is 16.5. The summed E-state index contributed by atoms with van der Waals surface area (Å²) >= 11 is 0. The van der Waals surface area contributed by atoms with Gasteiger partial charge in [0.2, 0.25) is 0 Å². The van der Waals surface area contributed by atoms with Gasteiger partial charge in [0.15, 0.2) is 0 Å². The summed E-state index contributed by atoms with van der Waals surface area (Å²) < 4.78 is 5.40. The summed E-state index contributed by atoms with van der Waals surface area (Å²) in [6.07, 6.45) is 6.40. The van der Waals surface area contributed by atoms with E-state index in [1.54, 1.807) is 11.1 Å². The second kappa shape index (κ2) is 9.68. The number of nitrogens with zero attached hydrogens (tertiary/aromatic N) is 2. The lowest BCUT2D eigenvalue weighted by Gasteiger charge is -2.39. The molecule has 3 atom stereocenters. The quantitative estimate of drug-likeness (QED) is 0.716. The monoisotopic (exact) mass is 386 g/mol. The molecule has 156 valence electrons. The first-order valence-electron chi connectivity index (χ1n) is 11.2. The zero-order valence-electron chi connectivity index (χ0n) is 17.7. The Balaban J connectivity index is 1.31. The minimum atomic E-state index is 0.552. The van der Waals surface area contributed by atoms with E-state index in [0.717, 1.165) is 25.6 Å². The van der Waals surface area contributed by atoms with Crippen molar-refractivity contribution in [3.8, 4) is 0 Å². The molecule has 2 fully saturated rings. The highest BCUT2D eigenvalue weighted by Crippen LogP contribution is 2.29. The van der Waals surface area contributed by atoms with Crippen molar-refractivity contribution < 1.29 is 4.74 Å². The van der Waals surface area contributed by atoms with Crippen LogP contribution in [0.1, 0.15) is 37.3 Å². The summed E-state index contributed by atoms with van der Waals surface area (Å²) in [5.41, 5.74) is 9.99. The Morgan fingerprint density at radius 3 is 2.61 bits per heavy atom. The van der Waals surface area contributed by atoms with Gasteiger partial charge in [0.1, 0.15) is 0 Å². The van der Waals surface area contributed by atoms with Crippen LogP contribution in [-0.4, -0.2) is 74.4 Å². The summed E-state index contributed by atoms with van der Waals surface area (Å²) in [6, 6.07) is 10.9. The van der Waals surface area contributed by atoms with E-state index in [-0.39, 0.29) is 0 Å². The molecular formula is C23H38N4O. The second-order valence-electron chi connectivity index (χ2n) is 9.21. The van der Waals surface area contributed by atoms with Gasteiger partial charge >= 0.3 is 0 Å². The van der Waals surface area contributed by atoms with E-state index in [4.69, 9.17) is 4.74 Å². The SMILES string of the molecule is COCCN(CC1CCCN(C2Cc3ccccc3C2)C1)CC1CC(C)NN1. The van der Waals surface area contributed by atoms with Crippen LogP contribution >= 0.6 is 0 Å². The van der Waals surface area contributed by atoms with Gasteiger partial charge in [0, 0.05) is 51.4 Å². The van der Waals surface area contributed by atoms with Crippen LogP contribution in [0.15, 0.2) is 24.3 Å². The maximum atomic E-state index is 5.40. The average Bonchev–Trinajstić information content (AvgIpc) is 3.32. The van der Waals surface area contributed by atoms with Crippen LogP contribution in [-0.2, 0) is 17.6 Å². The highest BCUT2D eigenvalue weighted by Gasteiger charge is 2.31. The van der Waals surface area contributed by atoms with Gasteiger partial charge in [-0.1, -0.05) is 24.3 Å². The fraction of sp³-hybridized carbons (Fsp3) is 0.739. The van der Waals surface area contributed by atoms with Gasteiger partial charge in [-0.2, -0.15) is 0 Å². The molecule has 0 amide bonds. The molecular weight excluding hydrogens is 348 g/mol. The Labute approximate surface area is 170 Å². The number of benzene rings is 1. The minimum Gasteiger partial charge on any atom is -0.383 e. The van der Waals surface area contributed by atoms with Gasteiger partial charge in [-0.3, -0.25) is 20.7 Å². The van der Waals surface area contributed by atoms with Gasteiger partial charge in [-0.15, -0.1) is 0 Å². The molecule has 1 aromatic rings. The van der Waals surface area contributed by atoms with Crippen molar-refractivity contribution in [3.63, 3.8) is 0 Å². The summed E-state index contributed by atoms with van der Waals surface area (Å²) in [5.74, 6) is 0.779. The number of hydrogen-bond acceptors (Lipinski definition) is 5. The minimum absolute atomic E-state index is 0.552. The van der Waals surface area contributed by atoms with E-state index in [1.165, 1.54) is 51.7 Å². The van der Waals surface area contributed by atoms with Crippen LogP contribution < -0.4 is 10.9 Å². The van der Waals surface area contributed by atoms with Crippen molar-refractivity contribution in [1.82, 2.24) is 20.7 Å². The molecule has 1 aromatic carbocycles. The fourth-order valence-corrected chi connectivity index (χ4v) is 5.45. The third kappa shape index (κ3) is 5.14. The highest BCUT2D eigenvalue weighted by molar-refractivity contribution is 5.33. The number of piperidine rings is 1. The number of rotatable bonds is 8. The first-order valence-corrected chi connectivity index (χ1v) is 11.2. The average molecular weight is 387 g/mol. The van der Waals surface area contributed by atoms with E-state index in [9.17, 15) is 0 Å². The van der Waals surface area contributed by atoms with Crippen LogP contribution in [0, 0.1) is 5.92 Å². The largest absolute Gasteiger partial charge is 0.383 e.